The van der Waals surface area contributed by atoms with E-state index in [1.165, 1.54) is 40.0 Å². The van der Waals surface area contributed by atoms with Crippen molar-refractivity contribution in [1.29, 1.82) is 0 Å². The molecular weight excluding hydrogens is 409 g/mol. The predicted octanol–water partition coefficient (Wildman–Crippen LogP) is 7.78. The molecule has 1 aliphatic rings. The smallest absolute Gasteiger partial charge is 0.0720 e. The first kappa shape index (κ1) is 21.5. The minimum atomic E-state index is -2.03. The Balaban J connectivity index is 1.86. The van der Waals surface area contributed by atoms with Crippen LogP contribution in [0.25, 0.3) is 21.8 Å². The third-order valence-corrected chi connectivity index (χ3v) is 11.5. The highest BCUT2D eigenvalue weighted by molar-refractivity contribution is 7.73. The summed E-state index contributed by atoms with van der Waals surface area (Å²) in [5.41, 5.74) is 3.74. The quantitative estimate of drug-likeness (QED) is 0.295. The van der Waals surface area contributed by atoms with Crippen LogP contribution in [0.3, 0.4) is 0 Å². The molecule has 0 saturated carbocycles. The average molecular weight is 444 g/mol. The fourth-order valence-corrected chi connectivity index (χ4v) is 9.89. The summed E-state index contributed by atoms with van der Waals surface area (Å²) in [4.78, 5) is 0. The van der Waals surface area contributed by atoms with Gasteiger partial charge in [0.25, 0.3) is 0 Å². The van der Waals surface area contributed by atoms with Crippen molar-refractivity contribution in [2.45, 2.75) is 52.2 Å². The number of aromatic nitrogens is 1. The Kier molecular flexibility index (Phi) is 5.51. The van der Waals surface area contributed by atoms with E-state index in [0.717, 1.165) is 25.3 Å². The number of nitrogens with zero attached hydrogens (tertiary/aromatic N) is 3. The molecule has 32 heavy (non-hydrogen) atoms. The van der Waals surface area contributed by atoms with Crippen molar-refractivity contribution in [1.82, 2.24) is 9.24 Å². The van der Waals surface area contributed by atoms with Crippen LogP contribution in [-0.4, -0.2) is 27.5 Å². The molecule has 1 saturated heterocycles. The van der Waals surface area contributed by atoms with Crippen LogP contribution in [0.4, 0.5) is 5.69 Å². The summed E-state index contributed by atoms with van der Waals surface area (Å²) in [5, 5.41) is 4.14. The van der Waals surface area contributed by atoms with Crippen LogP contribution in [0.5, 0.6) is 0 Å². The summed E-state index contributed by atoms with van der Waals surface area (Å²) in [6.45, 7) is 12.7. The molecule has 5 rings (SSSR count). The molecule has 0 spiro atoms. The molecule has 4 aromatic rings. The maximum atomic E-state index is 5.66. The van der Waals surface area contributed by atoms with Crippen molar-refractivity contribution < 1.29 is 0 Å². The van der Waals surface area contributed by atoms with Crippen molar-refractivity contribution in [2.24, 2.45) is 4.74 Å². The van der Waals surface area contributed by atoms with Crippen LogP contribution < -0.4 is 5.30 Å². The Morgan fingerprint density at radius 3 is 2.16 bits per heavy atom. The van der Waals surface area contributed by atoms with Gasteiger partial charge >= 0.3 is 0 Å². The molecule has 0 aliphatic carbocycles. The molecule has 0 amide bonds. The monoisotopic (exact) mass is 443 g/mol. The van der Waals surface area contributed by atoms with Crippen LogP contribution in [0.2, 0.25) is 0 Å². The van der Waals surface area contributed by atoms with Gasteiger partial charge in [-0.1, -0.05) is 57.2 Å². The standard InChI is InChI=1S/C28H34N3P/c1-5-31-26-16-10-9-15-24(26)25-21-23(17-18-27(25)31)32(28(2,3)4,30-19-11-12-20-30)29-22-13-7-6-8-14-22/h6-10,13-18,21H,5,11-12,19-20H2,1-4H3. The first-order chi connectivity index (χ1) is 15.5. The molecule has 1 aliphatic heterocycles. The zero-order chi connectivity index (χ0) is 22.3. The van der Waals surface area contributed by atoms with E-state index in [4.69, 9.17) is 4.74 Å². The van der Waals surface area contributed by atoms with Crippen LogP contribution in [0.1, 0.15) is 40.5 Å². The number of para-hydroxylation sites is 1. The molecule has 1 fully saturated rings. The van der Waals surface area contributed by atoms with Crippen molar-refractivity contribution >= 4 is 40.0 Å². The normalized spacial score (nSPS) is 17.1. The number of hydrogen-bond acceptors (Lipinski definition) is 1. The number of aryl methyl sites for hydroxylation is 1. The first-order valence-corrected chi connectivity index (χ1v) is 13.6. The van der Waals surface area contributed by atoms with Crippen molar-refractivity contribution in [2.75, 3.05) is 13.1 Å². The second-order valence-corrected chi connectivity index (χ2v) is 13.7. The highest BCUT2D eigenvalue weighted by atomic mass is 31.2. The lowest BCUT2D eigenvalue weighted by atomic mass is 10.1. The minimum Gasteiger partial charge on any atom is -0.341 e. The second kappa shape index (κ2) is 8.21. The molecule has 0 N–H and O–H groups in total. The molecule has 0 radical (unpaired) electrons. The molecule has 3 nitrogen and oxygen atoms in total. The molecule has 1 aromatic heterocycles. The van der Waals surface area contributed by atoms with E-state index in [1.807, 2.05) is 0 Å². The van der Waals surface area contributed by atoms with Gasteiger partial charge in [-0.05, 0) is 56.2 Å². The zero-order valence-corrected chi connectivity index (χ0v) is 20.6. The average Bonchev–Trinajstić information content (AvgIpc) is 3.43. The summed E-state index contributed by atoms with van der Waals surface area (Å²) in [7, 11) is -2.03. The molecule has 2 heterocycles. The molecule has 1 atom stereocenters. The summed E-state index contributed by atoms with van der Waals surface area (Å²) in [6.07, 6.45) is 2.53. The van der Waals surface area contributed by atoms with Crippen molar-refractivity contribution in [3.8, 4) is 0 Å². The van der Waals surface area contributed by atoms with Gasteiger partial charge in [-0.15, -0.1) is 0 Å². The Morgan fingerprint density at radius 1 is 0.812 bits per heavy atom. The van der Waals surface area contributed by atoms with Crippen LogP contribution >= 0.6 is 7.21 Å². The maximum Gasteiger partial charge on any atom is 0.0720 e. The van der Waals surface area contributed by atoms with Gasteiger partial charge in [0.05, 0.1) is 12.9 Å². The van der Waals surface area contributed by atoms with Crippen molar-refractivity contribution in [3.05, 3.63) is 72.8 Å². The van der Waals surface area contributed by atoms with Gasteiger partial charge in [0.1, 0.15) is 0 Å². The highest BCUT2D eigenvalue weighted by Crippen LogP contribution is 2.65. The second-order valence-electron chi connectivity index (χ2n) is 9.83. The van der Waals surface area contributed by atoms with Gasteiger partial charge in [0, 0.05) is 51.9 Å². The van der Waals surface area contributed by atoms with E-state index >= 15 is 0 Å². The lowest BCUT2D eigenvalue weighted by molar-refractivity contribution is 0.538. The van der Waals surface area contributed by atoms with Crippen LogP contribution in [-0.2, 0) is 6.54 Å². The van der Waals surface area contributed by atoms with Gasteiger partial charge < -0.3 is 4.57 Å². The van der Waals surface area contributed by atoms with Crippen LogP contribution in [0.15, 0.2) is 77.5 Å². The predicted molar refractivity (Wildman–Crippen MR) is 141 cm³/mol. The van der Waals surface area contributed by atoms with E-state index in [-0.39, 0.29) is 5.16 Å². The van der Waals surface area contributed by atoms with Gasteiger partial charge in [-0.25, -0.2) is 4.74 Å². The molecule has 3 aromatic carbocycles. The lowest BCUT2D eigenvalue weighted by Crippen LogP contribution is -2.35. The largest absolute Gasteiger partial charge is 0.341 e. The summed E-state index contributed by atoms with van der Waals surface area (Å²) in [6, 6.07) is 26.7. The molecule has 166 valence electrons. The SMILES string of the molecule is CCn1c2ccccc2c2cc(P(=Nc3ccccc3)(N3CCCC3)C(C)(C)C)ccc21. The van der Waals surface area contributed by atoms with Gasteiger partial charge in [0.2, 0.25) is 0 Å². The number of fused-ring (bicyclic) bond motifs is 3. The van der Waals surface area contributed by atoms with Crippen molar-refractivity contribution in [3.63, 3.8) is 0 Å². The fraction of sp³-hybridized carbons (Fsp3) is 0.357. The van der Waals surface area contributed by atoms with Crippen LogP contribution in [0, 0.1) is 0 Å². The number of rotatable bonds is 4. The summed E-state index contributed by atoms with van der Waals surface area (Å²) in [5.74, 6) is 0. The third kappa shape index (κ3) is 3.34. The lowest BCUT2D eigenvalue weighted by Gasteiger charge is -2.44. The third-order valence-electron chi connectivity index (χ3n) is 6.88. The molecule has 4 heteroatoms. The van der Waals surface area contributed by atoms with E-state index in [2.05, 4.69) is 110 Å². The minimum absolute atomic E-state index is 0.0317. The maximum absolute atomic E-state index is 5.66. The Morgan fingerprint density at radius 2 is 1.47 bits per heavy atom. The van der Waals surface area contributed by atoms with Gasteiger partial charge in [0.15, 0.2) is 0 Å². The van der Waals surface area contributed by atoms with E-state index in [9.17, 15) is 0 Å². The Bertz CT molecular complexity index is 1310. The van der Waals surface area contributed by atoms with E-state index in [1.54, 1.807) is 0 Å². The highest BCUT2D eigenvalue weighted by Gasteiger charge is 2.42. The Hall–Kier alpha value is -2.35. The molecule has 0 bridgehead atoms. The number of hydrogen-bond donors (Lipinski definition) is 0. The topological polar surface area (TPSA) is 20.5 Å². The zero-order valence-electron chi connectivity index (χ0n) is 19.8. The van der Waals surface area contributed by atoms with Gasteiger partial charge in [-0.3, -0.25) is 4.67 Å². The van der Waals surface area contributed by atoms with E-state index < -0.39 is 7.21 Å². The molecule has 1 unspecified atom stereocenters. The number of benzene rings is 3. The summed E-state index contributed by atoms with van der Waals surface area (Å²) < 4.78 is 10.8. The summed E-state index contributed by atoms with van der Waals surface area (Å²) >= 11 is 0. The van der Waals surface area contributed by atoms with E-state index in [0.29, 0.717) is 0 Å². The Labute approximate surface area is 192 Å². The fourth-order valence-electron chi connectivity index (χ4n) is 5.47. The first-order valence-electron chi connectivity index (χ1n) is 11.9. The molecular formula is C28H34N3P. The van der Waals surface area contributed by atoms with Gasteiger partial charge in [-0.2, -0.15) is 0 Å².